The molecule has 0 saturated heterocycles. The minimum atomic E-state index is -0.186. The van der Waals surface area contributed by atoms with Crippen LogP contribution in [0.5, 0.6) is 0 Å². The molecule has 1 aromatic carbocycles. The molecule has 0 saturated carbocycles. The van der Waals surface area contributed by atoms with Gasteiger partial charge in [0.25, 0.3) is 0 Å². The Labute approximate surface area is 120 Å². The number of halogens is 1. The zero-order valence-corrected chi connectivity index (χ0v) is 12.6. The molecule has 0 aliphatic heterocycles. The van der Waals surface area contributed by atoms with E-state index >= 15 is 0 Å². The van der Waals surface area contributed by atoms with Crippen LogP contribution in [0.25, 0.3) is 0 Å². The van der Waals surface area contributed by atoms with Gasteiger partial charge in [-0.2, -0.15) is 0 Å². The summed E-state index contributed by atoms with van der Waals surface area (Å²) >= 11 is 0. The molecule has 20 heavy (non-hydrogen) atoms. The lowest BCUT2D eigenvalue weighted by atomic mass is 10.1. The van der Waals surface area contributed by atoms with Crippen molar-refractivity contribution in [2.24, 2.45) is 0 Å². The Balaban J connectivity index is 2.80. The molecule has 0 spiro atoms. The first kappa shape index (κ1) is 16.9. The van der Waals surface area contributed by atoms with E-state index in [0.717, 1.165) is 18.7 Å². The van der Waals surface area contributed by atoms with Gasteiger partial charge < -0.3 is 19.7 Å². The fourth-order valence-electron chi connectivity index (χ4n) is 2.08. The number of para-hydroxylation sites is 1. The van der Waals surface area contributed by atoms with Crippen molar-refractivity contribution in [3.8, 4) is 0 Å². The summed E-state index contributed by atoms with van der Waals surface area (Å²) in [7, 11) is 3.32. The summed E-state index contributed by atoms with van der Waals surface area (Å²) in [6.45, 7) is 6.04. The standard InChI is InChI=1S/C15H25FN2O2/c1-4-18(9-11-20-3)15-13(6-5-7-14(15)16)12-17-8-10-19-2/h5-7,17H,4,8-12H2,1-3H3. The Morgan fingerprint density at radius 2 is 1.95 bits per heavy atom. The van der Waals surface area contributed by atoms with E-state index in [1.807, 2.05) is 17.9 Å². The van der Waals surface area contributed by atoms with E-state index in [2.05, 4.69) is 5.32 Å². The monoisotopic (exact) mass is 284 g/mol. The van der Waals surface area contributed by atoms with Gasteiger partial charge in [0.05, 0.1) is 18.9 Å². The van der Waals surface area contributed by atoms with Crippen LogP contribution in [-0.4, -0.2) is 47.1 Å². The Morgan fingerprint density at radius 3 is 2.60 bits per heavy atom. The molecule has 0 aliphatic rings. The molecule has 0 aliphatic carbocycles. The van der Waals surface area contributed by atoms with Crippen LogP contribution < -0.4 is 10.2 Å². The Hall–Kier alpha value is -1.17. The lowest BCUT2D eigenvalue weighted by Gasteiger charge is -2.26. The summed E-state index contributed by atoms with van der Waals surface area (Å²) in [5.74, 6) is -0.186. The molecule has 0 radical (unpaired) electrons. The predicted molar refractivity (Wildman–Crippen MR) is 79.7 cm³/mol. The number of nitrogens with zero attached hydrogens (tertiary/aromatic N) is 1. The van der Waals surface area contributed by atoms with Gasteiger partial charge in [-0.05, 0) is 18.6 Å². The molecule has 0 heterocycles. The minimum absolute atomic E-state index is 0.186. The fourth-order valence-corrected chi connectivity index (χ4v) is 2.08. The van der Waals surface area contributed by atoms with Crippen LogP contribution in [-0.2, 0) is 16.0 Å². The van der Waals surface area contributed by atoms with Crippen LogP contribution in [0.15, 0.2) is 18.2 Å². The van der Waals surface area contributed by atoms with E-state index in [0.29, 0.717) is 32.0 Å². The molecule has 0 fully saturated rings. The van der Waals surface area contributed by atoms with Crippen LogP contribution in [0.1, 0.15) is 12.5 Å². The predicted octanol–water partition coefficient (Wildman–Crippen LogP) is 2.03. The van der Waals surface area contributed by atoms with Crippen LogP contribution in [0.4, 0.5) is 10.1 Å². The van der Waals surface area contributed by atoms with Gasteiger partial charge in [0, 0.05) is 40.4 Å². The van der Waals surface area contributed by atoms with Crippen molar-refractivity contribution in [1.82, 2.24) is 5.32 Å². The Morgan fingerprint density at radius 1 is 1.20 bits per heavy atom. The number of likely N-dealkylation sites (N-methyl/N-ethyl adjacent to an activating group) is 1. The van der Waals surface area contributed by atoms with Crippen LogP contribution in [0, 0.1) is 5.82 Å². The molecule has 0 bridgehead atoms. The van der Waals surface area contributed by atoms with Gasteiger partial charge in [0.15, 0.2) is 0 Å². The maximum absolute atomic E-state index is 14.2. The highest BCUT2D eigenvalue weighted by atomic mass is 19.1. The maximum atomic E-state index is 14.2. The molecule has 0 atom stereocenters. The third kappa shape index (κ3) is 5.07. The van der Waals surface area contributed by atoms with Gasteiger partial charge in [0.1, 0.15) is 5.82 Å². The normalized spacial score (nSPS) is 10.8. The lowest BCUT2D eigenvalue weighted by molar-refractivity contribution is 0.199. The lowest BCUT2D eigenvalue weighted by Crippen LogP contribution is -2.30. The fraction of sp³-hybridized carbons (Fsp3) is 0.600. The summed E-state index contributed by atoms with van der Waals surface area (Å²) in [6, 6.07) is 5.20. The van der Waals surface area contributed by atoms with E-state index in [-0.39, 0.29) is 5.82 Å². The first-order valence-electron chi connectivity index (χ1n) is 6.95. The average Bonchev–Trinajstić information content (AvgIpc) is 2.46. The number of methoxy groups -OCH3 is 2. The Bertz CT molecular complexity index is 388. The number of ether oxygens (including phenoxy) is 2. The third-order valence-electron chi connectivity index (χ3n) is 3.13. The second-order valence-electron chi connectivity index (χ2n) is 4.49. The number of hydrogen-bond donors (Lipinski definition) is 1. The first-order chi connectivity index (χ1) is 9.74. The van der Waals surface area contributed by atoms with Crippen molar-refractivity contribution in [2.45, 2.75) is 13.5 Å². The van der Waals surface area contributed by atoms with Gasteiger partial charge in [-0.1, -0.05) is 12.1 Å². The second kappa shape index (κ2) is 9.69. The summed E-state index contributed by atoms with van der Waals surface area (Å²) in [4.78, 5) is 2.01. The highest BCUT2D eigenvalue weighted by Gasteiger charge is 2.14. The van der Waals surface area contributed by atoms with Crippen molar-refractivity contribution in [3.63, 3.8) is 0 Å². The summed E-state index contributed by atoms with van der Waals surface area (Å²) in [5.41, 5.74) is 1.62. The molecule has 0 aromatic heterocycles. The smallest absolute Gasteiger partial charge is 0.146 e. The molecule has 1 N–H and O–H groups in total. The molecule has 0 amide bonds. The molecule has 4 nitrogen and oxygen atoms in total. The number of anilines is 1. The molecule has 0 unspecified atom stereocenters. The summed E-state index contributed by atoms with van der Waals surface area (Å²) in [6.07, 6.45) is 0. The van der Waals surface area contributed by atoms with Crippen molar-refractivity contribution >= 4 is 5.69 Å². The highest BCUT2D eigenvalue weighted by molar-refractivity contribution is 5.54. The van der Waals surface area contributed by atoms with Crippen molar-refractivity contribution < 1.29 is 13.9 Å². The van der Waals surface area contributed by atoms with Crippen molar-refractivity contribution in [3.05, 3.63) is 29.6 Å². The van der Waals surface area contributed by atoms with Gasteiger partial charge in [-0.25, -0.2) is 4.39 Å². The molecule has 5 heteroatoms. The van der Waals surface area contributed by atoms with Crippen LogP contribution in [0.3, 0.4) is 0 Å². The molecule has 114 valence electrons. The molecule has 1 rings (SSSR count). The van der Waals surface area contributed by atoms with Crippen molar-refractivity contribution in [2.75, 3.05) is 52.0 Å². The highest BCUT2D eigenvalue weighted by Crippen LogP contribution is 2.24. The van der Waals surface area contributed by atoms with E-state index < -0.39 is 0 Å². The van der Waals surface area contributed by atoms with Gasteiger partial charge in [-0.3, -0.25) is 0 Å². The summed E-state index contributed by atoms with van der Waals surface area (Å²) < 4.78 is 24.2. The van der Waals surface area contributed by atoms with Gasteiger partial charge >= 0.3 is 0 Å². The quantitative estimate of drug-likeness (QED) is 0.667. The molecular formula is C15H25FN2O2. The third-order valence-corrected chi connectivity index (χ3v) is 3.13. The number of rotatable bonds is 10. The molecular weight excluding hydrogens is 259 g/mol. The largest absolute Gasteiger partial charge is 0.383 e. The summed E-state index contributed by atoms with van der Waals surface area (Å²) in [5, 5.41) is 3.26. The van der Waals surface area contributed by atoms with Gasteiger partial charge in [0.2, 0.25) is 0 Å². The zero-order valence-electron chi connectivity index (χ0n) is 12.6. The SMILES string of the molecule is CCN(CCOC)c1c(F)cccc1CNCCOC. The van der Waals surface area contributed by atoms with Crippen LogP contribution >= 0.6 is 0 Å². The number of nitrogens with one attached hydrogen (secondary N) is 1. The zero-order chi connectivity index (χ0) is 14.8. The van der Waals surface area contributed by atoms with E-state index in [4.69, 9.17) is 9.47 Å². The first-order valence-corrected chi connectivity index (χ1v) is 6.95. The molecule has 1 aromatic rings. The Kier molecular flexibility index (Phi) is 8.18. The number of hydrogen-bond acceptors (Lipinski definition) is 4. The van der Waals surface area contributed by atoms with E-state index in [1.165, 1.54) is 6.07 Å². The maximum Gasteiger partial charge on any atom is 0.146 e. The van der Waals surface area contributed by atoms with Crippen molar-refractivity contribution in [1.29, 1.82) is 0 Å². The van der Waals surface area contributed by atoms with Crippen LogP contribution in [0.2, 0.25) is 0 Å². The topological polar surface area (TPSA) is 33.7 Å². The number of benzene rings is 1. The second-order valence-corrected chi connectivity index (χ2v) is 4.49. The van der Waals surface area contributed by atoms with Gasteiger partial charge in [-0.15, -0.1) is 0 Å². The average molecular weight is 284 g/mol. The minimum Gasteiger partial charge on any atom is -0.383 e. The van der Waals surface area contributed by atoms with E-state index in [9.17, 15) is 4.39 Å². The van der Waals surface area contributed by atoms with E-state index in [1.54, 1.807) is 20.3 Å².